The van der Waals surface area contributed by atoms with Crippen LogP contribution in [0.1, 0.15) is 31.9 Å². The molecule has 0 unspecified atom stereocenters. The van der Waals surface area contributed by atoms with Crippen LogP contribution in [0.2, 0.25) is 5.02 Å². The quantitative estimate of drug-likeness (QED) is 0.405. The third kappa shape index (κ3) is 6.40. The van der Waals surface area contributed by atoms with Gasteiger partial charge in [0.15, 0.2) is 0 Å². The second-order valence-corrected chi connectivity index (χ2v) is 9.42. The van der Waals surface area contributed by atoms with Gasteiger partial charge in [-0.05, 0) is 80.3 Å². The Morgan fingerprint density at radius 3 is 2.27 bits per heavy atom. The summed E-state index contributed by atoms with van der Waals surface area (Å²) in [5, 5.41) is 19.5. The van der Waals surface area contributed by atoms with Crippen LogP contribution in [0.25, 0.3) is 33.4 Å². The highest BCUT2D eigenvalue weighted by Gasteiger charge is 2.17. The van der Waals surface area contributed by atoms with Crippen LogP contribution in [0.5, 0.6) is 0 Å². The molecule has 2 aromatic carbocycles. The van der Waals surface area contributed by atoms with Crippen LogP contribution in [-0.2, 0) is 18.3 Å². The monoisotopic (exact) mass is 465 g/mol. The van der Waals surface area contributed by atoms with E-state index in [1.807, 2.05) is 67.2 Å². The number of aliphatic hydroxyl groups is 1. The molecule has 0 atom stereocenters. The first-order chi connectivity index (χ1) is 15.4. The molecule has 0 aliphatic rings. The fraction of sp³-hybridized carbons (Fsp3) is 0.269. The zero-order valence-corrected chi connectivity index (χ0v) is 20.2. The summed E-state index contributed by atoms with van der Waals surface area (Å²) in [5.41, 5.74) is 5.36. The van der Waals surface area contributed by atoms with Gasteiger partial charge in [-0.15, -0.1) is 0 Å². The van der Waals surface area contributed by atoms with Gasteiger partial charge in [0.05, 0.1) is 29.6 Å². The highest BCUT2D eigenvalue weighted by molar-refractivity contribution is 6.30. The van der Waals surface area contributed by atoms with Gasteiger partial charge in [-0.1, -0.05) is 23.7 Å². The van der Waals surface area contributed by atoms with Gasteiger partial charge in [0.2, 0.25) is 0 Å². The molecule has 2 heterocycles. The Morgan fingerprint density at radius 1 is 1.09 bits per heavy atom. The molecule has 0 spiro atoms. The van der Waals surface area contributed by atoms with Gasteiger partial charge in [-0.3, -0.25) is 4.79 Å². The molecule has 7 heteroatoms. The molecule has 4 aromatic rings. The number of rotatable bonds is 4. The summed E-state index contributed by atoms with van der Waals surface area (Å²) in [6.07, 6.45) is 3.60. The van der Waals surface area contributed by atoms with Gasteiger partial charge in [-0.2, -0.15) is 0 Å². The number of fused-ring (bicyclic) bond motifs is 1. The molecular weight excluding hydrogens is 438 g/mol. The summed E-state index contributed by atoms with van der Waals surface area (Å²) < 4.78 is 1.88. The van der Waals surface area contributed by atoms with Gasteiger partial charge in [-0.25, -0.2) is 9.97 Å². The van der Waals surface area contributed by atoms with Crippen molar-refractivity contribution in [3.05, 3.63) is 71.1 Å². The van der Waals surface area contributed by atoms with Gasteiger partial charge in [0, 0.05) is 23.7 Å². The highest BCUT2D eigenvalue weighted by atomic mass is 35.5. The molecule has 6 nitrogen and oxygen atoms in total. The van der Waals surface area contributed by atoms with Crippen LogP contribution < -0.4 is 0 Å². The molecule has 0 radical (unpaired) electrons. The SMILES string of the molecule is CC(C)(C)O.Cc1cc2nc(-c3cn(C)cn3)ccc2c(-c2ccc(Cl)cc2)c1CC(=O)O. The van der Waals surface area contributed by atoms with E-state index < -0.39 is 11.6 Å². The Hall–Kier alpha value is -3.22. The average Bonchev–Trinajstić information content (AvgIpc) is 3.14. The maximum atomic E-state index is 11.5. The van der Waals surface area contributed by atoms with E-state index >= 15 is 0 Å². The maximum Gasteiger partial charge on any atom is 0.307 e. The number of carboxylic acid groups (broad SMARTS) is 1. The number of aromatic nitrogens is 3. The molecule has 0 amide bonds. The number of hydrogen-bond donors (Lipinski definition) is 2. The van der Waals surface area contributed by atoms with Crippen molar-refractivity contribution in [3.8, 4) is 22.5 Å². The van der Waals surface area contributed by atoms with Gasteiger partial charge >= 0.3 is 5.97 Å². The lowest BCUT2D eigenvalue weighted by molar-refractivity contribution is -0.136. The predicted molar refractivity (Wildman–Crippen MR) is 132 cm³/mol. The number of imidazole rings is 1. The van der Waals surface area contributed by atoms with E-state index in [0.717, 1.165) is 44.5 Å². The minimum Gasteiger partial charge on any atom is -0.481 e. The highest BCUT2D eigenvalue weighted by Crippen LogP contribution is 2.36. The Morgan fingerprint density at radius 2 is 1.73 bits per heavy atom. The minimum atomic E-state index is -0.865. The second-order valence-electron chi connectivity index (χ2n) is 8.98. The minimum absolute atomic E-state index is 0.0538. The fourth-order valence-electron chi connectivity index (χ4n) is 3.46. The molecular formula is C26H28ClN3O3. The van der Waals surface area contributed by atoms with Gasteiger partial charge < -0.3 is 14.8 Å². The number of carbonyl (C=O) groups is 1. The average molecular weight is 466 g/mol. The van der Waals surface area contributed by atoms with Crippen molar-refractivity contribution in [3.63, 3.8) is 0 Å². The van der Waals surface area contributed by atoms with E-state index in [0.29, 0.717) is 5.02 Å². The third-order valence-electron chi connectivity index (χ3n) is 4.75. The van der Waals surface area contributed by atoms with Crippen LogP contribution in [0, 0.1) is 6.92 Å². The van der Waals surface area contributed by atoms with Crippen molar-refractivity contribution in [1.29, 1.82) is 0 Å². The lowest BCUT2D eigenvalue weighted by atomic mass is 9.90. The lowest BCUT2D eigenvalue weighted by Gasteiger charge is -2.16. The molecule has 33 heavy (non-hydrogen) atoms. The molecule has 0 saturated heterocycles. The standard InChI is InChI=1S/C22H18ClN3O2.C4H10O/c1-13-9-19-16(7-8-18(25-19)20-11-26(2)12-24-20)22(17(13)10-21(27)28)14-3-5-15(23)6-4-14;1-4(2,3)5/h3-9,11-12H,10H2,1-2H3,(H,27,28);5H,1-3H3. The number of carboxylic acids is 1. The summed E-state index contributed by atoms with van der Waals surface area (Å²) >= 11 is 6.05. The van der Waals surface area contributed by atoms with E-state index in [1.165, 1.54) is 0 Å². The summed E-state index contributed by atoms with van der Waals surface area (Å²) in [4.78, 5) is 20.7. The smallest absolute Gasteiger partial charge is 0.307 e. The Balaban J connectivity index is 0.000000555. The molecule has 0 aliphatic heterocycles. The van der Waals surface area contributed by atoms with Crippen molar-refractivity contribution in [1.82, 2.24) is 14.5 Å². The van der Waals surface area contributed by atoms with E-state index in [4.69, 9.17) is 21.7 Å². The number of nitrogens with zero attached hydrogens (tertiary/aromatic N) is 3. The van der Waals surface area contributed by atoms with Gasteiger partial charge in [0.25, 0.3) is 0 Å². The van der Waals surface area contributed by atoms with E-state index in [-0.39, 0.29) is 6.42 Å². The summed E-state index contributed by atoms with van der Waals surface area (Å²) in [7, 11) is 1.92. The molecule has 4 rings (SSSR count). The summed E-state index contributed by atoms with van der Waals surface area (Å²) in [6, 6.07) is 13.3. The lowest BCUT2D eigenvalue weighted by Crippen LogP contribution is -2.10. The van der Waals surface area contributed by atoms with E-state index in [9.17, 15) is 9.90 Å². The van der Waals surface area contributed by atoms with Gasteiger partial charge in [0.1, 0.15) is 5.69 Å². The fourth-order valence-corrected chi connectivity index (χ4v) is 3.59. The van der Waals surface area contributed by atoms with Crippen LogP contribution in [0.3, 0.4) is 0 Å². The van der Waals surface area contributed by atoms with Crippen LogP contribution in [0.15, 0.2) is 55.0 Å². The van der Waals surface area contributed by atoms with Crippen molar-refractivity contribution in [2.24, 2.45) is 7.05 Å². The summed E-state index contributed by atoms with van der Waals surface area (Å²) in [5.74, 6) is -0.865. The van der Waals surface area contributed by atoms with Crippen molar-refractivity contribution < 1.29 is 15.0 Å². The van der Waals surface area contributed by atoms with E-state index in [2.05, 4.69) is 4.98 Å². The Bertz CT molecular complexity index is 1280. The van der Waals surface area contributed by atoms with Crippen LogP contribution >= 0.6 is 11.6 Å². The number of hydrogen-bond acceptors (Lipinski definition) is 4. The summed E-state index contributed by atoms with van der Waals surface area (Å²) in [6.45, 7) is 7.15. The van der Waals surface area contributed by atoms with Crippen molar-refractivity contribution in [2.45, 2.75) is 39.7 Å². The normalized spacial score (nSPS) is 11.2. The third-order valence-corrected chi connectivity index (χ3v) is 5.01. The molecule has 0 bridgehead atoms. The molecule has 2 N–H and O–H groups in total. The number of aliphatic carboxylic acids is 1. The van der Waals surface area contributed by atoms with E-state index in [1.54, 1.807) is 27.1 Å². The maximum absolute atomic E-state index is 11.5. The molecule has 172 valence electrons. The Kier molecular flexibility index (Phi) is 7.20. The van der Waals surface area contributed by atoms with Crippen molar-refractivity contribution in [2.75, 3.05) is 0 Å². The molecule has 0 aliphatic carbocycles. The molecule has 2 aromatic heterocycles. The molecule has 0 saturated carbocycles. The van der Waals surface area contributed by atoms with Crippen LogP contribution in [-0.4, -0.2) is 36.3 Å². The topological polar surface area (TPSA) is 88.2 Å². The predicted octanol–water partition coefficient (Wildman–Crippen LogP) is 5.67. The number of pyridine rings is 1. The molecule has 0 fully saturated rings. The first-order valence-corrected chi connectivity index (χ1v) is 10.9. The zero-order chi connectivity index (χ0) is 24.3. The second kappa shape index (κ2) is 9.73. The number of benzene rings is 2. The van der Waals surface area contributed by atoms with Crippen molar-refractivity contribution >= 4 is 28.5 Å². The Labute approximate surface area is 198 Å². The first-order valence-electron chi connectivity index (χ1n) is 10.5. The largest absolute Gasteiger partial charge is 0.481 e. The number of halogens is 1. The first kappa shape index (κ1) is 24.4. The zero-order valence-electron chi connectivity index (χ0n) is 19.4. The number of aryl methyl sites for hydroxylation is 2. The van der Waals surface area contributed by atoms with Crippen LogP contribution in [0.4, 0.5) is 0 Å².